The summed E-state index contributed by atoms with van der Waals surface area (Å²) in [6, 6.07) is -0.184. The molecule has 188 valence electrons. The van der Waals surface area contributed by atoms with Crippen LogP contribution in [0.25, 0.3) is 0 Å². The number of carbonyl (C=O) groups is 3. The van der Waals surface area contributed by atoms with E-state index in [0.29, 0.717) is 45.7 Å². The Morgan fingerprint density at radius 1 is 1.06 bits per heavy atom. The monoisotopic (exact) mass is 485 g/mol. The molecule has 0 spiro atoms. The topological polar surface area (TPSA) is 105 Å². The van der Waals surface area contributed by atoms with E-state index in [2.05, 4.69) is 20.4 Å². The summed E-state index contributed by atoms with van der Waals surface area (Å²) in [5.74, 6) is -1.28. The van der Waals surface area contributed by atoms with E-state index in [9.17, 15) is 19.5 Å². The maximum absolute atomic E-state index is 12.7. The minimum atomic E-state index is -0.840. The van der Waals surface area contributed by atoms with Crippen LogP contribution in [0.2, 0.25) is 0 Å². The molecule has 3 aliphatic rings. The highest BCUT2D eigenvalue weighted by Crippen LogP contribution is 2.28. The van der Waals surface area contributed by atoms with Crippen LogP contribution in [0.15, 0.2) is 0 Å². The molecule has 3 rings (SSSR count). The van der Waals surface area contributed by atoms with Crippen molar-refractivity contribution in [2.75, 3.05) is 52.4 Å². The molecule has 9 nitrogen and oxygen atoms in total. The first-order valence-corrected chi connectivity index (χ1v) is 12.9. The molecule has 0 radical (unpaired) electrons. The van der Waals surface area contributed by atoms with Crippen LogP contribution in [-0.2, 0) is 14.4 Å². The smallest absolute Gasteiger partial charge is 0.309 e. The maximum Gasteiger partial charge on any atom is 0.309 e. The SMILES string of the molecule is CCN(CC)C(=O)CN1CCN(C2NCC(NC(=O)C3CCC(Cl)CC3)CC2C(=O)O)CC1. The molecule has 3 atom stereocenters. The summed E-state index contributed by atoms with van der Waals surface area (Å²) >= 11 is 6.15. The highest BCUT2D eigenvalue weighted by Gasteiger charge is 2.40. The van der Waals surface area contributed by atoms with Gasteiger partial charge in [-0.05, 0) is 46.0 Å². The summed E-state index contributed by atoms with van der Waals surface area (Å²) < 4.78 is 0. The van der Waals surface area contributed by atoms with Crippen molar-refractivity contribution < 1.29 is 19.5 Å². The number of likely N-dealkylation sites (N-methyl/N-ethyl adjacent to an activating group) is 1. The first-order chi connectivity index (χ1) is 15.8. The normalized spacial score (nSPS) is 31.7. The number of carboxylic acid groups (broad SMARTS) is 1. The second kappa shape index (κ2) is 12.3. The average molecular weight is 486 g/mol. The van der Waals surface area contributed by atoms with Crippen LogP contribution in [0, 0.1) is 11.8 Å². The van der Waals surface area contributed by atoms with Gasteiger partial charge in [-0.25, -0.2) is 0 Å². The Bertz CT molecular complexity index is 676. The van der Waals surface area contributed by atoms with Gasteiger partial charge in [0.05, 0.1) is 18.6 Å². The van der Waals surface area contributed by atoms with Crippen molar-refractivity contribution >= 4 is 29.4 Å². The van der Waals surface area contributed by atoms with Crippen molar-refractivity contribution in [1.29, 1.82) is 0 Å². The first-order valence-electron chi connectivity index (χ1n) is 12.5. The Kier molecular flexibility index (Phi) is 9.79. The third-order valence-electron chi connectivity index (χ3n) is 7.46. The second-order valence-electron chi connectivity index (χ2n) is 9.57. The fraction of sp³-hybridized carbons (Fsp3) is 0.870. The molecule has 3 fully saturated rings. The fourth-order valence-electron chi connectivity index (χ4n) is 5.35. The van der Waals surface area contributed by atoms with E-state index in [4.69, 9.17) is 11.6 Å². The molecule has 2 amide bonds. The molecule has 0 aromatic rings. The number of hydrogen-bond acceptors (Lipinski definition) is 6. The van der Waals surface area contributed by atoms with Crippen LogP contribution in [0.5, 0.6) is 0 Å². The number of rotatable bonds is 8. The number of amides is 2. The van der Waals surface area contributed by atoms with Crippen LogP contribution in [0.1, 0.15) is 46.0 Å². The number of nitrogens with one attached hydrogen (secondary N) is 2. The van der Waals surface area contributed by atoms with Gasteiger partial charge in [-0.15, -0.1) is 11.6 Å². The quantitative estimate of drug-likeness (QED) is 0.436. The minimum absolute atomic E-state index is 0.0202. The Morgan fingerprint density at radius 3 is 2.27 bits per heavy atom. The molecule has 2 saturated heterocycles. The summed E-state index contributed by atoms with van der Waals surface area (Å²) in [5.41, 5.74) is 0. The minimum Gasteiger partial charge on any atom is -0.481 e. The van der Waals surface area contributed by atoms with Crippen molar-refractivity contribution in [2.24, 2.45) is 11.8 Å². The van der Waals surface area contributed by atoms with E-state index in [0.717, 1.165) is 38.8 Å². The summed E-state index contributed by atoms with van der Waals surface area (Å²) in [6.07, 6.45) is 3.47. The first kappa shape index (κ1) is 26.2. The number of piperazine rings is 1. The Hall–Kier alpha value is -1.42. The number of carboxylic acids is 1. The lowest BCUT2D eigenvalue weighted by Crippen LogP contribution is -2.64. The third-order valence-corrected chi connectivity index (χ3v) is 7.90. The predicted molar refractivity (Wildman–Crippen MR) is 127 cm³/mol. The number of halogens is 1. The lowest BCUT2D eigenvalue weighted by atomic mass is 9.87. The van der Waals surface area contributed by atoms with Crippen LogP contribution in [0.4, 0.5) is 0 Å². The molecular weight excluding hydrogens is 446 g/mol. The summed E-state index contributed by atoms with van der Waals surface area (Å²) in [7, 11) is 0. The number of aliphatic carboxylic acids is 1. The number of alkyl halides is 1. The van der Waals surface area contributed by atoms with Crippen LogP contribution < -0.4 is 10.6 Å². The Labute approximate surface area is 202 Å². The lowest BCUT2D eigenvalue weighted by Gasteiger charge is -2.45. The van der Waals surface area contributed by atoms with Gasteiger partial charge in [0.2, 0.25) is 11.8 Å². The van der Waals surface area contributed by atoms with Gasteiger partial charge in [-0.3, -0.25) is 29.5 Å². The van der Waals surface area contributed by atoms with E-state index in [1.165, 1.54) is 0 Å². The predicted octanol–water partition coefficient (Wildman–Crippen LogP) is 0.775. The van der Waals surface area contributed by atoms with Gasteiger partial charge in [0, 0.05) is 63.2 Å². The number of carbonyl (C=O) groups excluding carboxylic acids is 2. The van der Waals surface area contributed by atoms with Crippen LogP contribution in [-0.4, -0.2) is 108 Å². The third kappa shape index (κ3) is 7.04. The second-order valence-corrected chi connectivity index (χ2v) is 10.2. The zero-order valence-electron chi connectivity index (χ0n) is 20.0. The molecule has 10 heteroatoms. The van der Waals surface area contributed by atoms with Gasteiger partial charge in [0.1, 0.15) is 0 Å². The molecule has 1 aliphatic carbocycles. The van der Waals surface area contributed by atoms with Crippen molar-refractivity contribution in [3.8, 4) is 0 Å². The van der Waals surface area contributed by atoms with E-state index in [1.54, 1.807) is 0 Å². The van der Waals surface area contributed by atoms with Gasteiger partial charge in [0.15, 0.2) is 0 Å². The number of nitrogens with zero attached hydrogens (tertiary/aromatic N) is 3. The van der Waals surface area contributed by atoms with Gasteiger partial charge in [0.25, 0.3) is 0 Å². The molecule has 1 saturated carbocycles. The summed E-state index contributed by atoms with van der Waals surface area (Å²) in [6.45, 7) is 9.28. The standard InChI is InChI=1S/C23H40ClN5O4/c1-3-28(4-2)20(30)15-27-9-11-29(12-10-27)21-19(23(32)33)13-18(14-25-21)26-22(31)16-5-7-17(24)8-6-16/h16-19,21,25H,3-15H2,1-2H3,(H,26,31)(H,32,33). The highest BCUT2D eigenvalue weighted by molar-refractivity contribution is 6.20. The lowest BCUT2D eigenvalue weighted by molar-refractivity contribution is -0.147. The van der Waals surface area contributed by atoms with E-state index < -0.39 is 11.9 Å². The largest absolute Gasteiger partial charge is 0.481 e. The van der Waals surface area contributed by atoms with E-state index in [-0.39, 0.29) is 35.3 Å². The fourth-order valence-corrected chi connectivity index (χ4v) is 5.61. The van der Waals surface area contributed by atoms with Crippen LogP contribution >= 0.6 is 11.6 Å². The maximum atomic E-state index is 12.7. The van der Waals surface area contributed by atoms with Crippen molar-refractivity contribution in [1.82, 2.24) is 25.3 Å². The number of piperidine rings is 1. The van der Waals surface area contributed by atoms with Gasteiger partial charge < -0.3 is 15.3 Å². The van der Waals surface area contributed by atoms with Gasteiger partial charge in [-0.2, -0.15) is 0 Å². The Balaban J connectivity index is 1.48. The molecular formula is C23H40ClN5O4. The zero-order chi connectivity index (χ0) is 24.0. The number of hydrogen-bond donors (Lipinski definition) is 3. The molecule has 2 heterocycles. The molecule has 0 aromatic carbocycles. The van der Waals surface area contributed by atoms with Crippen molar-refractivity contribution in [3.63, 3.8) is 0 Å². The Morgan fingerprint density at radius 2 is 1.70 bits per heavy atom. The highest BCUT2D eigenvalue weighted by atomic mass is 35.5. The summed E-state index contributed by atoms with van der Waals surface area (Å²) in [5, 5.41) is 16.5. The molecule has 33 heavy (non-hydrogen) atoms. The van der Waals surface area contributed by atoms with Crippen LogP contribution in [0.3, 0.4) is 0 Å². The average Bonchev–Trinajstić information content (AvgIpc) is 2.81. The molecule has 0 bridgehead atoms. The molecule has 3 unspecified atom stereocenters. The van der Waals surface area contributed by atoms with Gasteiger partial charge in [-0.1, -0.05) is 0 Å². The van der Waals surface area contributed by atoms with Crippen molar-refractivity contribution in [3.05, 3.63) is 0 Å². The van der Waals surface area contributed by atoms with Crippen molar-refractivity contribution in [2.45, 2.75) is 63.5 Å². The van der Waals surface area contributed by atoms with E-state index in [1.807, 2.05) is 18.7 Å². The molecule has 3 N–H and O–H groups in total. The van der Waals surface area contributed by atoms with E-state index >= 15 is 0 Å². The zero-order valence-corrected chi connectivity index (χ0v) is 20.7. The molecule has 0 aromatic heterocycles. The summed E-state index contributed by atoms with van der Waals surface area (Å²) in [4.78, 5) is 43.3. The van der Waals surface area contributed by atoms with Gasteiger partial charge >= 0.3 is 5.97 Å². The molecule has 2 aliphatic heterocycles.